The third-order valence-electron chi connectivity index (χ3n) is 6.02. The number of likely N-dealkylation sites (tertiary alicyclic amines) is 1. The number of carbonyl (C=O) groups excluding carboxylic acids is 2. The Balaban J connectivity index is 1.58. The highest BCUT2D eigenvalue weighted by molar-refractivity contribution is 6.03. The molecule has 1 aliphatic heterocycles. The van der Waals surface area contributed by atoms with E-state index in [2.05, 4.69) is 5.10 Å². The summed E-state index contributed by atoms with van der Waals surface area (Å²) in [5.74, 6) is -2.14. The van der Waals surface area contributed by atoms with E-state index in [1.165, 1.54) is 12.1 Å². The van der Waals surface area contributed by atoms with Crippen LogP contribution in [-0.4, -0.2) is 53.3 Å². The van der Waals surface area contributed by atoms with Gasteiger partial charge in [0, 0.05) is 37.9 Å². The Labute approximate surface area is 212 Å². The Morgan fingerprint density at radius 2 is 1.95 bits per heavy atom. The molecule has 3 aromatic rings. The maximum Gasteiger partial charge on any atom is 0.254 e. The van der Waals surface area contributed by atoms with Crippen molar-refractivity contribution < 1.29 is 27.8 Å². The Bertz CT molecular complexity index is 1320. The van der Waals surface area contributed by atoms with Crippen LogP contribution in [0.15, 0.2) is 54.6 Å². The van der Waals surface area contributed by atoms with Gasteiger partial charge in [-0.2, -0.15) is 5.10 Å². The molecule has 0 radical (unpaired) electrons. The van der Waals surface area contributed by atoms with Crippen molar-refractivity contribution in [2.24, 2.45) is 5.73 Å². The first-order valence-corrected chi connectivity index (χ1v) is 11.6. The van der Waals surface area contributed by atoms with Crippen LogP contribution in [0.5, 0.6) is 11.5 Å². The molecule has 1 aliphatic rings. The van der Waals surface area contributed by atoms with E-state index in [-0.39, 0.29) is 34.8 Å². The van der Waals surface area contributed by atoms with Gasteiger partial charge in [-0.15, -0.1) is 0 Å². The average molecular weight is 512 g/mol. The van der Waals surface area contributed by atoms with Crippen LogP contribution in [0, 0.1) is 11.6 Å². The van der Waals surface area contributed by atoms with Gasteiger partial charge in [0.15, 0.2) is 11.6 Å². The monoisotopic (exact) mass is 511 g/mol. The number of aromatic nitrogens is 2. The van der Waals surface area contributed by atoms with Crippen molar-refractivity contribution in [1.29, 1.82) is 0 Å². The number of halogens is 2. The normalized spacial score (nSPS) is 15.8. The van der Waals surface area contributed by atoms with Crippen LogP contribution in [0.3, 0.4) is 0 Å². The van der Waals surface area contributed by atoms with Crippen LogP contribution in [0.25, 0.3) is 11.3 Å². The fourth-order valence-corrected chi connectivity index (χ4v) is 4.24. The van der Waals surface area contributed by atoms with Crippen molar-refractivity contribution in [3.8, 4) is 22.8 Å². The van der Waals surface area contributed by atoms with Gasteiger partial charge in [-0.25, -0.2) is 13.5 Å². The van der Waals surface area contributed by atoms with Crippen molar-refractivity contribution >= 4 is 17.6 Å². The second kappa shape index (κ2) is 11.2. The molecule has 0 bridgehead atoms. The summed E-state index contributed by atoms with van der Waals surface area (Å²) in [6.45, 7) is 1.30. The lowest BCUT2D eigenvalue weighted by molar-refractivity contribution is -0.127. The van der Waals surface area contributed by atoms with Crippen LogP contribution >= 0.6 is 0 Å². The zero-order valence-corrected chi connectivity index (χ0v) is 20.2. The molecule has 1 fully saturated rings. The number of carbonyl (C=O) groups is 2. The molecule has 1 aromatic heterocycles. The van der Waals surface area contributed by atoms with Crippen LogP contribution in [-0.2, 0) is 9.53 Å². The fraction of sp³-hybridized carbons (Fsp3) is 0.269. The van der Waals surface area contributed by atoms with Gasteiger partial charge in [0.05, 0.1) is 12.6 Å². The molecular weight excluding hydrogens is 484 g/mol. The standard InChI is InChI=1S/C26H27F2N5O4/c1-36-13-3-5-22(34)32-12-2-4-18(15-32)33-25(29)23(26(30)35)24(31-33)16-6-9-19(10-7-16)37-21-11-8-17(27)14-20(21)28/h3,5-11,14,18H,2,4,12-13,15,29H2,1H3,(H2,30,35)/t18-/m1/s1. The SMILES string of the molecule is COCC=CC(=O)N1CCC[C@@H](n2nc(-c3ccc(Oc4ccc(F)cc4F)cc3)c(C(N)=O)c2N)C1. The minimum atomic E-state index is -0.833. The van der Waals surface area contributed by atoms with Crippen LogP contribution in [0.1, 0.15) is 29.2 Å². The average Bonchev–Trinajstić information content (AvgIpc) is 3.23. The summed E-state index contributed by atoms with van der Waals surface area (Å²) in [6, 6.07) is 9.16. The number of amides is 2. The number of anilines is 1. The topological polar surface area (TPSA) is 126 Å². The predicted octanol–water partition coefficient (Wildman–Crippen LogP) is 3.67. The number of primary amides is 1. The van der Waals surface area contributed by atoms with Crippen molar-refractivity contribution in [3.05, 3.63) is 71.8 Å². The van der Waals surface area contributed by atoms with Crippen LogP contribution in [0.2, 0.25) is 0 Å². The summed E-state index contributed by atoms with van der Waals surface area (Å²) in [5.41, 5.74) is 12.9. The third kappa shape index (κ3) is 5.78. The summed E-state index contributed by atoms with van der Waals surface area (Å²) in [6.07, 6.45) is 4.57. The molecule has 37 heavy (non-hydrogen) atoms. The van der Waals surface area contributed by atoms with Gasteiger partial charge < -0.3 is 25.8 Å². The highest BCUT2D eigenvalue weighted by Crippen LogP contribution is 2.33. The second-order valence-corrected chi connectivity index (χ2v) is 8.56. The Kier molecular flexibility index (Phi) is 7.83. The van der Waals surface area contributed by atoms with Gasteiger partial charge >= 0.3 is 0 Å². The molecule has 0 aliphatic carbocycles. The number of hydrogen-bond donors (Lipinski definition) is 2. The lowest BCUT2D eigenvalue weighted by atomic mass is 10.1. The number of methoxy groups -OCH3 is 1. The van der Waals surface area contributed by atoms with Gasteiger partial charge in [0.25, 0.3) is 5.91 Å². The van der Waals surface area contributed by atoms with Crippen molar-refractivity contribution in [1.82, 2.24) is 14.7 Å². The molecule has 1 atom stereocenters. The maximum absolute atomic E-state index is 13.9. The second-order valence-electron chi connectivity index (χ2n) is 8.56. The van der Waals surface area contributed by atoms with Crippen LogP contribution < -0.4 is 16.2 Å². The zero-order chi connectivity index (χ0) is 26.5. The molecule has 194 valence electrons. The smallest absolute Gasteiger partial charge is 0.254 e. The van der Waals surface area contributed by atoms with Crippen molar-refractivity contribution in [2.75, 3.05) is 32.5 Å². The summed E-state index contributed by atoms with van der Waals surface area (Å²) >= 11 is 0. The largest absolute Gasteiger partial charge is 0.454 e. The lowest BCUT2D eigenvalue weighted by Gasteiger charge is -2.32. The van der Waals surface area contributed by atoms with Gasteiger partial charge in [-0.05, 0) is 49.2 Å². The summed E-state index contributed by atoms with van der Waals surface area (Å²) in [5, 5.41) is 4.60. The molecule has 2 heterocycles. The maximum atomic E-state index is 13.9. The highest BCUT2D eigenvalue weighted by Gasteiger charge is 2.29. The Morgan fingerprint density at radius 1 is 1.19 bits per heavy atom. The van der Waals surface area contributed by atoms with Gasteiger partial charge in [-0.3, -0.25) is 9.59 Å². The predicted molar refractivity (Wildman–Crippen MR) is 133 cm³/mol. The molecule has 4 rings (SSSR count). The molecule has 9 nitrogen and oxygen atoms in total. The van der Waals surface area contributed by atoms with E-state index in [0.717, 1.165) is 18.6 Å². The minimum Gasteiger partial charge on any atom is -0.454 e. The Morgan fingerprint density at radius 3 is 2.62 bits per heavy atom. The first kappa shape index (κ1) is 25.8. The van der Waals surface area contributed by atoms with Crippen molar-refractivity contribution in [3.63, 3.8) is 0 Å². The van der Waals surface area contributed by atoms with Crippen molar-refractivity contribution in [2.45, 2.75) is 18.9 Å². The molecule has 0 spiro atoms. The quantitative estimate of drug-likeness (QED) is 0.445. The van der Waals surface area contributed by atoms with E-state index in [9.17, 15) is 18.4 Å². The number of piperidine rings is 1. The molecular formula is C26H27F2N5O4. The summed E-state index contributed by atoms with van der Waals surface area (Å²) in [4.78, 5) is 26.5. The van der Waals surface area contributed by atoms with E-state index >= 15 is 0 Å². The lowest BCUT2D eigenvalue weighted by Crippen LogP contribution is -2.40. The van der Waals surface area contributed by atoms with E-state index in [1.54, 1.807) is 47.0 Å². The first-order chi connectivity index (χ1) is 17.8. The van der Waals surface area contributed by atoms with Gasteiger partial charge in [0.2, 0.25) is 5.91 Å². The molecule has 0 unspecified atom stereocenters. The number of nitrogens with two attached hydrogens (primary N) is 2. The number of ether oxygens (including phenoxy) is 2. The minimum absolute atomic E-state index is 0.0710. The highest BCUT2D eigenvalue weighted by atomic mass is 19.1. The number of nitrogens with zero attached hydrogens (tertiary/aromatic N) is 3. The summed E-state index contributed by atoms with van der Waals surface area (Å²) in [7, 11) is 1.55. The number of benzene rings is 2. The molecule has 2 amide bonds. The van der Waals surface area contributed by atoms with Gasteiger partial charge in [0.1, 0.15) is 28.6 Å². The van der Waals surface area contributed by atoms with E-state index in [0.29, 0.717) is 37.4 Å². The van der Waals surface area contributed by atoms with E-state index < -0.39 is 17.5 Å². The number of nitrogen functional groups attached to an aromatic ring is 1. The fourth-order valence-electron chi connectivity index (χ4n) is 4.24. The zero-order valence-electron chi connectivity index (χ0n) is 20.2. The first-order valence-electron chi connectivity index (χ1n) is 11.6. The van der Waals surface area contributed by atoms with E-state index in [4.69, 9.17) is 20.9 Å². The third-order valence-corrected chi connectivity index (χ3v) is 6.02. The molecule has 0 saturated carbocycles. The number of rotatable bonds is 8. The molecule has 2 aromatic carbocycles. The van der Waals surface area contributed by atoms with Crippen LogP contribution in [0.4, 0.5) is 14.6 Å². The molecule has 4 N–H and O–H groups in total. The number of hydrogen-bond acceptors (Lipinski definition) is 6. The van der Waals surface area contributed by atoms with Gasteiger partial charge in [-0.1, -0.05) is 6.08 Å². The summed E-state index contributed by atoms with van der Waals surface area (Å²) < 4.78 is 39.0. The van der Waals surface area contributed by atoms with E-state index in [1.807, 2.05) is 0 Å². The molecule has 1 saturated heterocycles. The Hall–Kier alpha value is -4.25. The molecule has 11 heteroatoms.